The van der Waals surface area contributed by atoms with Crippen molar-refractivity contribution in [1.82, 2.24) is 19.7 Å². The Balaban J connectivity index is 1.84. The number of nitrogens with zero attached hydrogens (tertiary/aromatic N) is 3. The van der Waals surface area contributed by atoms with E-state index in [0.29, 0.717) is 23.0 Å². The number of hydrogen-bond acceptors (Lipinski definition) is 4. The summed E-state index contributed by atoms with van der Waals surface area (Å²) < 4.78 is 15.5. The van der Waals surface area contributed by atoms with E-state index in [1.54, 1.807) is 24.3 Å². The van der Waals surface area contributed by atoms with Gasteiger partial charge in [0.15, 0.2) is 0 Å². The Morgan fingerprint density at radius 2 is 1.93 bits per heavy atom. The van der Waals surface area contributed by atoms with Crippen LogP contribution in [0, 0.1) is 11.7 Å². The minimum atomic E-state index is -0.833. The molecule has 1 heterocycles. The molecule has 3 aromatic rings. The number of aromatic nitrogens is 3. The summed E-state index contributed by atoms with van der Waals surface area (Å²) in [6, 6.07) is 12.0. The molecule has 0 radical (unpaired) electrons. The predicted octanol–water partition coefficient (Wildman–Crippen LogP) is 2.37. The summed E-state index contributed by atoms with van der Waals surface area (Å²) in [5, 5.41) is 7.02. The van der Waals surface area contributed by atoms with Crippen molar-refractivity contribution in [2.75, 3.05) is 6.54 Å². The van der Waals surface area contributed by atoms with Gasteiger partial charge in [-0.05, 0) is 48.6 Å². The van der Waals surface area contributed by atoms with Gasteiger partial charge < -0.3 is 5.32 Å². The Labute approximate surface area is 175 Å². The van der Waals surface area contributed by atoms with E-state index in [-0.39, 0.29) is 12.2 Å². The topological polar surface area (TPSA) is 86.0 Å². The maximum absolute atomic E-state index is 13.7. The van der Waals surface area contributed by atoms with Crippen LogP contribution < -0.4 is 16.6 Å². The standard InChI is InChI=1S/C21H18ClFN4O3/c22-17-7-2-1-4-14(17)12-26-20(29)18(19(28)24-11-13-8-9-13)25-27(21(26)30)16-6-3-5-15(23)10-16/h1-7,10,13H,8-9,11-12H2,(H,24,28). The lowest BCUT2D eigenvalue weighted by molar-refractivity contribution is 0.0942. The molecule has 1 N–H and O–H groups in total. The number of hydrogen-bond donors (Lipinski definition) is 1. The highest BCUT2D eigenvalue weighted by molar-refractivity contribution is 6.31. The van der Waals surface area contributed by atoms with E-state index in [4.69, 9.17) is 11.6 Å². The van der Waals surface area contributed by atoms with Crippen molar-refractivity contribution >= 4 is 17.5 Å². The molecule has 0 unspecified atom stereocenters. The van der Waals surface area contributed by atoms with Crippen LogP contribution in [-0.4, -0.2) is 26.8 Å². The molecule has 1 aliphatic carbocycles. The molecular formula is C21H18ClFN4O3. The smallest absolute Gasteiger partial charge is 0.350 e. The molecule has 4 rings (SSSR count). The molecule has 1 saturated carbocycles. The quantitative estimate of drug-likeness (QED) is 0.653. The summed E-state index contributed by atoms with van der Waals surface area (Å²) in [6.07, 6.45) is 2.04. The second-order valence-corrected chi connectivity index (χ2v) is 7.57. The molecular weight excluding hydrogens is 411 g/mol. The third-order valence-electron chi connectivity index (χ3n) is 4.86. The maximum atomic E-state index is 13.7. The molecule has 154 valence electrons. The summed E-state index contributed by atoms with van der Waals surface area (Å²) in [5.74, 6) is -0.858. The van der Waals surface area contributed by atoms with Crippen molar-refractivity contribution in [2.24, 2.45) is 5.92 Å². The Bertz CT molecular complexity index is 1230. The molecule has 30 heavy (non-hydrogen) atoms. The first-order chi connectivity index (χ1) is 14.4. The van der Waals surface area contributed by atoms with Gasteiger partial charge in [0.1, 0.15) is 5.82 Å². The van der Waals surface area contributed by atoms with E-state index >= 15 is 0 Å². The third kappa shape index (κ3) is 4.18. The summed E-state index contributed by atoms with van der Waals surface area (Å²) >= 11 is 6.18. The van der Waals surface area contributed by atoms with Crippen molar-refractivity contribution in [3.63, 3.8) is 0 Å². The molecule has 1 amide bonds. The summed E-state index contributed by atoms with van der Waals surface area (Å²) in [6.45, 7) is 0.279. The van der Waals surface area contributed by atoms with Gasteiger partial charge in [0.05, 0.1) is 12.2 Å². The first-order valence-electron chi connectivity index (χ1n) is 9.46. The van der Waals surface area contributed by atoms with Gasteiger partial charge in [-0.2, -0.15) is 9.78 Å². The second kappa shape index (κ2) is 8.23. The number of benzene rings is 2. The van der Waals surface area contributed by atoms with Gasteiger partial charge in [0, 0.05) is 11.6 Å². The second-order valence-electron chi connectivity index (χ2n) is 7.16. The van der Waals surface area contributed by atoms with E-state index in [2.05, 4.69) is 10.4 Å². The zero-order valence-electron chi connectivity index (χ0n) is 15.8. The van der Waals surface area contributed by atoms with Gasteiger partial charge in [0.2, 0.25) is 5.69 Å². The van der Waals surface area contributed by atoms with Gasteiger partial charge in [-0.15, -0.1) is 0 Å². The normalized spacial score (nSPS) is 13.3. The minimum absolute atomic E-state index is 0.101. The van der Waals surface area contributed by atoms with Crippen LogP contribution in [0.5, 0.6) is 0 Å². The van der Waals surface area contributed by atoms with Crippen LogP contribution in [0.25, 0.3) is 5.69 Å². The number of amides is 1. The third-order valence-corrected chi connectivity index (χ3v) is 5.23. The van der Waals surface area contributed by atoms with E-state index < -0.39 is 28.7 Å². The van der Waals surface area contributed by atoms with Crippen molar-refractivity contribution in [3.05, 3.63) is 91.5 Å². The van der Waals surface area contributed by atoms with Crippen LogP contribution in [0.4, 0.5) is 4.39 Å². The summed E-state index contributed by atoms with van der Waals surface area (Å²) in [5.41, 5.74) is -1.44. The molecule has 0 bridgehead atoms. The first kappa shape index (κ1) is 20.0. The molecule has 7 nitrogen and oxygen atoms in total. The predicted molar refractivity (Wildman–Crippen MR) is 110 cm³/mol. The fraction of sp³-hybridized carbons (Fsp3) is 0.238. The largest absolute Gasteiger partial charge is 0.352 e. The highest BCUT2D eigenvalue weighted by atomic mass is 35.5. The van der Waals surface area contributed by atoms with Crippen LogP contribution in [0.1, 0.15) is 28.9 Å². The number of rotatable bonds is 6. The van der Waals surface area contributed by atoms with Crippen LogP contribution in [0.15, 0.2) is 58.1 Å². The average molecular weight is 429 g/mol. The summed E-state index contributed by atoms with van der Waals surface area (Å²) in [4.78, 5) is 38.6. The fourth-order valence-electron chi connectivity index (χ4n) is 3.01. The van der Waals surface area contributed by atoms with Crippen molar-refractivity contribution < 1.29 is 9.18 Å². The molecule has 0 atom stereocenters. The van der Waals surface area contributed by atoms with Gasteiger partial charge in [-0.3, -0.25) is 14.2 Å². The highest BCUT2D eigenvalue weighted by Crippen LogP contribution is 2.27. The SMILES string of the molecule is O=C(NCC1CC1)c1nn(-c2cccc(F)c2)c(=O)n(Cc2ccccc2Cl)c1=O. The fourth-order valence-corrected chi connectivity index (χ4v) is 3.21. The molecule has 0 saturated heterocycles. The van der Waals surface area contributed by atoms with Crippen molar-refractivity contribution in [2.45, 2.75) is 19.4 Å². The van der Waals surface area contributed by atoms with Gasteiger partial charge in [-0.25, -0.2) is 9.18 Å². The van der Waals surface area contributed by atoms with Gasteiger partial charge in [0.25, 0.3) is 11.5 Å². The molecule has 1 aliphatic rings. The van der Waals surface area contributed by atoms with Crippen molar-refractivity contribution in [3.8, 4) is 5.69 Å². The average Bonchev–Trinajstić information content (AvgIpc) is 3.55. The Hall–Kier alpha value is -3.26. The van der Waals surface area contributed by atoms with E-state index in [0.717, 1.165) is 28.2 Å². The van der Waals surface area contributed by atoms with Gasteiger partial charge in [-0.1, -0.05) is 35.9 Å². The molecule has 0 aliphatic heterocycles. The monoisotopic (exact) mass is 428 g/mol. The van der Waals surface area contributed by atoms with Crippen LogP contribution in [0.2, 0.25) is 5.02 Å². The lowest BCUT2D eigenvalue weighted by Crippen LogP contribution is -2.46. The zero-order valence-corrected chi connectivity index (χ0v) is 16.6. The number of carbonyl (C=O) groups excluding carboxylic acids is 1. The van der Waals surface area contributed by atoms with Crippen molar-refractivity contribution in [1.29, 1.82) is 0 Å². The Morgan fingerprint density at radius 1 is 1.17 bits per heavy atom. The lowest BCUT2D eigenvalue weighted by Gasteiger charge is -2.13. The minimum Gasteiger partial charge on any atom is -0.350 e. The highest BCUT2D eigenvalue weighted by Gasteiger charge is 2.25. The Kier molecular flexibility index (Phi) is 5.50. The van der Waals surface area contributed by atoms with Gasteiger partial charge >= 0.3 is 5.69 Å². The van der Waals surface area contributed by atoms with Crippen LogP contribution >= 0.6 is 11.6 Å². The van der Waals surface area contributed by atoms with E-state index in [1.165, 1.54) is 18.2 Å². The Morgan fingerprint density at radius 3 is 2.63 bits per heavy atom. The number of nitrogens with one attached hydrogen (secondary N) is 1. The number of carbonyl (C=O) groups is 1. The molecule has 1 fully saturated rings. The maximum Gasteiger partial charge on any atom is 0.352 e. The lowest BCUT2D eigenvalue weighted by atomic mass is 10.2. The molecule has 1 aromatic heterocycles. The first-order valence-corrected chi connectivity index (χ1v) is 9.83. The number of halogens is 2. The molecule has 2 aromatic carbocycles. The van der Waals surface area contributed by atoms with Crippen LogP contribution in [0.3, 0.4) is 0 Å². The molecule has 0 spiro atoms. The molecule has 9 heteroatoms. The van der Waals surface area contributed by atoms with E-state index in [9.17, 15) is 18.8 Å². The summed E-state index contributed by atoms with van der Waals surface area (Å²) in [7, 11) is 0. The van der Waals surface area contributed by atoms with Crippen LogP contribution in [-0.2, 0) is 6.54 Å². The van der Waals surface area contributed by atoms with E-state index in [1.807, 2.05) is 0 Å². The zero-order chi connectivity index (χ0) is 21.3.